The molecule has 0 unspecified atom stereocenters. The first kappa shape index (κ1) is 13.2. The van der Waals surface area contributed by atoms with E-state index in [0.29, 0.717) is 0 Å². The van der Waals surface area contributed by atoms with E-state index in [1.807, 2.05) is 0 Å². The Labute approximate surface area is 102 Å². The van der Waals surface area contributed by atoms with Gasteiger partial charge in [-0.2, -0.15) is 0 Å². The molecule has 0 aromatic carbocycles. The molecule has 1 aromatic heterocycles. The molecule has 7 nitrogen and oxygen atoms in total. The molecule has 92 valence electrons. The SMILES string of the molecule is CCOC(=O)CSc1nc(N)ccc1[N+](=O)[O-]. The number of hydrogen-bond acceptors (Lipinski definition) is 7. The number of carbonyl (C=O) groups excluding carboxylic acids is 1. The monoisotopic (exact) mass is 257 g/mol. The highest BCUT2D eigenvalue weighted by molar-refractivity contribution is 8.00. The molecule has 0 atom stereocenters. The highest BCUT2D eigenvalue weighted by Crippen LogP contribution is 2.27. The Balaban J connectivity index is 2.78. The maximum Gasteiger partial charge on any atom is 0.316 e. The van der Waals surface area contributed by atoms with E-state index in [-0.39, 0.29) is 28.9 Å². The zero-order valence-corrected chi connectivity index (χ0v) is 9.90. The van der Waals surface area contributed by atoms with Crippen molar-refractivity contribution in [1.82, 2.24) is 4.98 Å². The quantitative estimate of drug-likeness (QED) is 0.365. The summed E-state index contributed by atoms with van der Waals surface area (Å²) in [7, 11) is 0. The van der Waals surface area contributed by atoms with Gasteiger partial charge in [-0.3, -0.25) is 14.9 Å². The maximum atomic E-state index is 11.1. The van der Waals surface area contributed by atoms with Crippen molar-refractivity contribution in [3.8, 4) is 0 Å². The number of aromatic nitrogens is 1. The molecular weight excluding hydrogens is 246 g/mol. The van der Waals surface area contributed by atoms with E-state index < -0.39 is 10.9 Å². The summed E-state index contributed by atoms with van der Waals surface area (Å²) in [6.45, 7) is 1.95. The number of anilines is 1. The normalized spacial score (nSPS) is 9.94. The molecule has 8 heteroatoms. The molecule has 0 aliphatic carbocycles. The van der Waals surface area contributed by atoms with Gasteiger partial charge in [-0.15, -0.1) is 0 Å². The molecule has 0 radical (unpaired) electrons. The van der Waals surface area contributed by atoms with Gasteiger partial charge in [0.15, 0.2) is 5.03 Å². The van der Waals surface area contributed by atoms with Gasteiger partial charge in [0.25, 0.3) is 0 Å². The summed E-state index contributed by atoms with van der Waals surface area (Å²) in [4.78, 5) is 25.1. The number of carbonyl (C=O) groups is 1. The molecule has 17 heavy (non-hydrogen) atoms. The molecule has 0 aliphatic rings. The number of hydrogen-bond donors (Lipinski definition) is 1. The van der Waals surface area contributed by atoms with Gasteiger partial charge in [-0.1, -0.05) is 11.8 Å². The lowest BCUT2D eigenvalue weighted by Crippen LogP contribution is -2.07. The third-order valence-corrected chi connectivity index (χ3v) is 2.64. The summed E-state index contributed by atoms with van der Waals surface area (Å²) in [5, 5.41) is 10.8. The fraction of sp³-hybridized carbons (Fsp3) is 0.333. The van der Waals surface area contributed by atoms with Crippen LogP contribution in [-0.2, 0) is 9.53 Å². The number of nitrogen functional groups attached to an aromatic ring is 1. The fourth-order valence-corrected chi connectivity index (χ4v) is 1.82. The third kappa shape index (κ3) is 3.91. The average molecular weight is 257 g/mol. The summed E-state index contributed by atoms with van der Waals surface area (Å²) in [5.41, 5.74) is 5.26. The van der Waals surface area contributed by atoms with Crippen LogP contribution in [0.5, 0.6) is 0 Å². The van der Waals surface area contributed by atoms with Crippen molar-refractivity contribution in [1.29, 1.82) is 0 Å². The fourth-order valence-electron chi connectivity index (χ4n) is 1.02. The lowest BCUT2D eigenvalue weighted by atomic mass is 10.4. The number of pyridine rings is 1. The number of nitrogens with zero attached hydrogens (tertiary/aromatic N) is 2. The van der Waals surface area contributed by atoms with E-state index in [9.17, 15) is 14.9 Å². The van der Waals surface area contributed by atoms with Crippen molar-refractivity contribution >= 4 is 29.2 Å². The maximum absolute atomic E-state index is 11.1. The van der Waals surface area contributed by atoms with Gasteiger partial charge in [0, 0.05) is 6.07 Å². The molecule has 2 N–H and O–H groups in total. The first-order chi connectivity index (χ1) is 8.04. The Bertz CT molecular complexity index is 438. The Morgan fingerprint density at radius 3 is 2.94 bits per heavy atom. The van der Waals surface area contributed by atoms with Gasteiger partial charge < -0.3 is 10.5 Å². The van der Waals surface area contributed by atoms with Crippen molar-refractivity contribution in [2.45, 2.75) is 11.9 Å². The lowest BCUT2D eigenvalue weighted by Gasteiger charge is -2.03. The molecule has 1 aromatic rings. The third-order valence-electron chi connectivity index (χ3n) is 1.69. The molecule has 0 saturated carbocycles. The number of ether oxygens (including phenoxy) is 1. The summed E-state index contributed by atoms with van der Waals surface area (Å²) in [6.07, 6.45) is 0. The van der Waals surface area contributed by atoms with Gasteiger partial charge in [0.05, 0.1) is 17.3 Å². The molecule has 1 heterocycles. The molecular formula is C9H11N3O4S. The lowest BCUT2D eigenvalue weighted by molar-refractivity contribution is -0.388. The van der Waals surface area contributed by atoms with Crippen LogP contribution in [0, 0.1) is 10.1 Å². The van der Waals surface area contributed by atoms with Crippen LogP contribution in [0.4, 0.5) is 11.5 Å². The van der Waals surface area contributed by atoms with E-state index >= 15 is 0 Å². The van der Waals surface area contributed by atoms with Crippen LogP contribution < -0.4 is 5.73 Å². The smallest absolute Gasteiger partial charge is 0.316 e. The highest BCUT2D eigenvalue weighted by Gasteiger charge is 2.17. The van der Waals surface area contributed by atoms with Crippen molar-refractivity contribution in [3.05, 3.63) is 22.2 Å². The van der Waals surface area contributed by atoms with E-state index in [1.165, 1.54) is 12.1 Å². The van der Waals surface area contributed by atoms with Crippen LogP contribution in [0.2, 0.25) is 0 Å². The Morgan fingerprint density at radius 2 is 2.35 bits per heavy atom. The predicted molar refractivity (Wildman–Crippen MR) is 62.7 cm³/mol. The largest absolute Gasteiger partial charge is 0.465 e. The minimum atomic E-state index is -0.570. The van der Waals surface area contributed by atoms with Crippen LogP contribution in [0.15, 0.2) is 17.2 Å². The van der Waals surface area contributed by atoms with E-state index in [0.717, 1.165) is 11.8 Å². The Morgan fingerprint density at radius 1 is 1.65 bits per heavy atom. The summed E-state index contributed by atoms with van der Waals surface area (Å²) in [5.74, 6) is -0.316. The number of nitrogens with two attached hydrogens (primary N) is 1. The minimum absolute atomic E-state index is 0.0366. The Kier molecular flexibility index (Phi) is 4.70. The molecule has 0 spiro atoms. The Hall–Kier alpha value is -1.83. The van der Waals surface area contributed by atoms with E-state index in [1.54, 1.807) is 6.92 Å². The summed E-state index contributed by atoms with van der Waals surface area (Å²) >= 11 is 0.930. The zero-order chi connectivity index (χ0) is 12.8. The van der Waals surface area contributed by atoms with Gasteiger partial charge in [-0.05, 0) is 13.0 Å². The van der Waals surface area contributed by atoms with Gasteiger partial charge >= 0.3 is 11.7 Å². The summed E-state index contributed by atoms with van der Waals surface area (Å²) in [6, 6.07) is 2.60. The van der Waals surface area contributed by atoms with Gasteiger partial charge in [0.1, 0.15) is 5.82 Å². The first-order valence-electron chi connectivity index (χ1n) is 4.74. The molecule has 0 fully saturated rings. The highest BCUT2D eigenvalue weighted by atomic mass is 32.2. The molecule has 0 aliphatic heterocycles. The first-order valence-corrected chi connectivity index (χ1v) is 5.72. The standard InChI is InChI=1S/C9H11N3O4S/c1-2-16-8(13)5-17-9-6(12(14)15)3-4-7(10)11-9/h3-4H,2,5H2,1H3,(H2,10,11). The van der Waals surface area contributed by atoms with E-state index in [4.69, 9.17) is 10.5 Å². The van der Waals surface area contributed by atoms with E-state index in [2.05, 4.69) is 4.98 Å². The van der Waals surface area contributed by atoms with Gasteiger partial charge in [0.2, 0.25) is 0 Å². The average Bonchev–Trinajstić information content (AvgIpc) is 2.26. The number of thioether (sulfide) groups is 1. The van der Waals surface area contributed by atoms with Crippen LogP contribution in [0.25, 0.3) is 0 Å². The number of esters is 1. The molecule has 0 amide bonds. The van der Waals surface area contributed by atoms with Crippen LogP contribution in [0.3, 0.4) is 0 Å². The van der Waals surface area contributed by atoms with Gasteiger partial charge in [-0.25, -0.2) is 4.98 Å². The number of nitro groups is 1. The second-order valence-electron chi connectivity index (χ2n) is 2.91. The van der Waals surface area contributed by atoms with Crippen molar-refractivity contribution < 1.29 is 14.5 Å². The van der Waals surface area contributed by atoms with Crippen LogP contribution in [0.1, 0.15) is 6.92 Å². The van der Waals surface area contributed by atoms with Crippen molar-refractivity contribution in [3.63, 3.8) is 0 Å². The minimum Gasteiger partial charge on any atom is -0.465 e. The summed E-state index contributed by atoms with van der Waals surface area (Å²) < 4.78 is 4.71. The van der Waals surface area contributed by atoms with Crippen LogP contribution in [-0.4, -0.2) is 28.2 Å². The van der Waals surface area contributed by atoms with Crippen LogP contribution >= 0.6 is 11.8 Å². The molecule has 0 bridgehead atoms. The number of rotatable bonds is 5. The topological polar surface area (TPSA) is 108 Å². The zero-order valence-electron chi connectivity index (χ0n) is 9.08. The molecule has 0 saturated heterocycles. The predicted octanol–water partition coefficient (Wildman–Crippen LogP) is 1.23. The van der Waals surface area contributed by atoms with Crippen molar-refractivity contribution in [2.75, 3.05) is 18.1 Å². The second kappa shape index (κ2) is 6.04. The van der Waals surface area contributed by atoms with Crippen molar-refractivity contribution in [2.24, 2.45) is 0 Å². The molecule has 1 rings (SSSR count). The second-order valence-corrected chi connectivity index (χ2v) is 3.88.